The minimum atomic E-state index is 0.136. The van der Waals surface area contributed by atoms with Gasteiger partial charge < -0.3 is 9.52 Å². The van der Waals surface area contributed by atoms with E-state index in [2.05, 4.69) is 23.7 Å². The fourth-order valence-corrected chi connectivity index (χ4v) is 2.18. The van der Waals surface area contributed by atoms with Crippen LogP contribution in [0.25, 0.3) is 11.5 Å². The first-order chi connectivity index (χ1) is 9.60. The summed E-state index contributed by atoms with van der Waals surface area (Å²) in [6.07, 6.45) is 1.66. The van der Waals surface area contributed by atoms with Gasteiger partial charge in [-0.3, -0.25) is 4.90 Å². The third kappa shape index (κ3) is 3.82. The molecule has 2 aromatic rings. The molecule has 20 heavy (non-hydrogen) atoms. The molecule has 0 spiro atoms. The molecule has 0 bridgehead atoms. The fourth-order valence-electron chi connectivity index (χ4n) is 1.99. The number of aromatic nitrogens is 1. The molecule has 0 aliphatic rings. The molecule has 1 N–H and O–H groups in total. The van der Waals surface area contributed by atoms with Crippen LogP contribution in [-0.4, -0.2) is 34.2 Å². The Morgan fingerprint density at radius 1 is 1.40 bits per heavy atom. The molecule has 0 unspecified atom stereocenters. The summed E-state index contributed by atoms with van der Waals surface area (Å²) in [5, 5.41) is 9.74. The van der Waals surface area contributed by atoms with E-state index in [1.54, 1.807) is 6.26 Å². The van der Waals surface area contributed by atoms with Crippen LogP contribution in [0.15, 0.2) is 34.9 Å². The number of hydrogen-bond donors (Lipinski definition) is 1. The van der Waals surface area contributed by atoms with Crippen molar-refractivity contribution < 1.29 is 9.52 Å². The zero-order valence-corrected chi connectivity index (χ0v) is 12.5. The van der Waals surface area contributed by atoms with Crippen LogP contribution in [-0.2, 0) is 6.54 Å². The maximum atomic E-state index is 9.08. The third-order valence-corrected chi connectivity index (χ3v) is 3.34. The fraction of sp³-hybridized carbons (Fsp3) is 0.400. The molecule has 1 aromatic carbocycles. The summed E-state index contributed by atoms with van der Waals surface area (Å²) in [5.74, 6) is 0.565. The van der Waals surface area contributed by atoms with Crippen molar-refractivity contribution in [1.82, 2.24) is 9.88 Å². The molecule has 2 rings (SSSR count). The van der Waals surface area contributed by atoms with Crippen LogP contribution in [0.3, 0.4) is 0 Å². The number of aliphatic hydroxyl groups excluding tert-OH is 1. The zero-order valence-electron chi connectivity index (χ0n) is 11.7. The largest absolute Gasteiger partial charge is 0.444 e. The minimum Gasteiger partial charge on any atom is -0.444 e. The standard InChI is InChI=1S/C15H19ClN2O2/c1-11(2)18(6-7-19)9-14-10-20-15(17-14)12-4-3-5-13(16)8-12/h3-5,8,10-11,19H,6-7,9H2,1-2H3. The topological polar surface area (TPSA) is 49.5 Å². The van der Waals surface area contributed by atoms with Gasteiger partial charge in [-0.05, 0) is 32.0 Å². The molecule has 0 amide bonds. The molecule has 0 radical (unpaired) electrons. The second-order valence-corrected chi connectivity index (χ2v) is 5.38. The molecule has 1 heterocycles. The molecule has 0 saturated carbocycles. The minimum absolute atomic E-state index is 0.136. The van der Waals surface area contributed by atoms with E-state index in [0.29, 0.717) is 30.0 Å². The van der Waals surface area contributed by atoms with Crippen molar-refractivity contribution in [2.45, 2.75) is 26.4 Å². The highest BCUT2D eigenvalue weighted by atomic mass is 35.5. The highest BCUT2D eigenvalue weighted by Gasteiger charge is 2.13. The van der Waals surface area contributed by atoms with Crippen molar-refractivity contribution in [3.63, 3.8) is 0 Å². The summed E-state index contributed by atoms with van der Waals surface area (Å²) in [4.78, 5) is 6.62. The van der Waals surface area contributed by atoms with Crippen molar-refractivity contribution in [2.75, 3.05) is 13.2 Å². The number of nitrogens with zero attached hydrogens (tertiary/aromatic N) is 2. The van der Waals surface area contributed by atoms with Crippen LogP contribution in [0.5, 0.6) is 0 Å². The third-order valence-electron chi connectivity index (χ3n) is 3.11. The molecule has 108 valence electrons. The van der Waals surface area contributed by atoms with Crippen molar-refractivity contribution in [1.29, 1.82) is 0 Å². The predicted molar refractivity (Wildman–Crippen MR) is 79.6 cm³/mol. The predicted octanol–water partition coefficient (Wildman–Crippen LogP) is 3.20. The van der Waals surface area contributed by atoms with E-state index in [1.807, 2.05) is 24.3 Å². The number of aliphatic hydroxyl groups is 1. The Morgan fingerprint density at radius 2 is 2.20 bits per heavy atom. The summed E-state index contributed by atoms with van der Waals surface area (Å²) < 4.78 is 5.51. The van der Waals surface area contributed by atoms with E-state index in [-0.39, 0.29) is 6.61 Å². The van der Waals surface area contributed by atoms with Gasteiger partial charge in [0.05, 0.1) is 12.3 Å². The van der Waals surface area contributed by atoms with E-state index in [4.69, 9.17) is 21.1 Å². The lowest BCUT2D eigenvalue weighted by Gasteiger charge is -2.24. The van der Waals surface area contributed by atoms with Crippen LogP contribution >= 0.6 is 11.6 Å². The van der Waals surface area contributed by atoms with E-state index in [1.165, 1.54) is 0 Å². The highest BCUT2D eigenvalue weighted by Crippen LogP contribution is 2.22. The van der Waals surface area contributed by atoms with Crippen LogP contribution in [0, 0.1) is 0 Å². The van der Waals surface area contributed by atoms with Gasteiger partial charge in [-0.1, -0.05) is 17.7 Å². The summed E-state index contributed by atoms with van der Waals surface area (Å²) in [5.41, 5.74) is 1.71. The maximum Gasteiger partial charge on any atom is 0.226 e. The first-order valence-electron chi connectivity index (χ1n) is 6.65. The summed E-state index contributed by atoms with van der Waals surface area (Å²) in [7, 11) is 0. The Bertz CT molecular complexity index is 554. The SMILES string of the molecule is CC(C)N(CCO)Cc1coc(-c2cccc(Cl)c2)n1. The number of rotatable bonds is 6. The molecule has 0 aliphatic carbocycles. The van der Waals surface area contributed by atoms with Crippen LogP contribution in [0.4, 0.5) is 0 Å². The van der Waals surface area contributed by atoms with E-state index in [9.17, 15) is 0 Å². The van der Waals surface area contributed by atoms with Crippen molar-refractivity contribution in [3.05, 3.63) is 41.2 Å². The lowest BCUT2D eigenvalue weighted by molar-refractivity contribution is 0.158. The van der Waals surface area contributed by atoms with Crippen LogP contribution in [0.2, 0.25) is 5.02 Å². The van der Waals surface area contributed by atoms with Gasteiger partial charge in [0.15, 0.2) is 0 Å². The average molecular weight is 295 g/mol. The number of benzene rings is 1. The Kier molecular flexibility index (Phi) is 5.17. The Balaban J connectivity index is 2.12. The van der Waals surface area contributed by atoms with Gasteiger partial charge in [-0.2, -0.15) is 0 Å². The molecule has 1 aromatic heterocycles. The van der Waals surface area contributed by atoms with Gasteiger partial charge in [0.1, 0.15) is 6.26 Å². The molecular formula is C15H19ClN2O2. The molecule has 0 atom stereocenters. The van der Waals surface area contributed by atoms with Gasteiger partial charge in [0, 0.05) is 29.7 Å². The molecule has 0 fully saturated rings. The Morgan fingerprint density at radius 3 is 2.85 bits per heavy atom. The van der Waals surface area contributed by atoms with Crippen LogP contribution in [0.1, 0.15) is 19.5 Å². The van der Waals surface area contributed by atoms with Gasteiger partial charge >= 0.3 is 0 Å². The molecule has 0 saturated heterocycles. The van der Waals surface area contributed by atoms with E-state index < -0.39 is 0 Å². The quantitative estimate of drug-likeness (QED) is 0.889. The maximum absolute atomic E-state index is 9.08. The first-order valence-corrected chi connectivity index (χ1v) is 7.03. The lowest BCUT2D eigenvalue weighted by Crippen LogP contribution is -2.33. The van der Waals surface area contributed by atoms with E-state index >= 15 is 0 Å². The van der Waals surface area contributed by atoms with Gasteiger partial charge in [0.2, 0.25) is 5.89 Å². The normalized spacial score (nSPS) is 11.5. The number of oxazole rings is 1. The second-order valence-electron chi connectivity index (χ2n) is 4.94. The van der Waals surface area contributed by atoms with Crippen LogP contribution < -0.4 is 0 Å². The Hall–Kier alpha value is -1.36. The van der Waals surface area contributed by atoms with E-state index in [0.717, 1.165) is 11.3 Å². The second kappa shape index (κ2) is 6.88. The molecule has 5 heteroatoms. The average Bonchev–Trinajstić information content (AvgIpc) is 2.87. The summed E-state index contributed by atoms with van der Waals surface area (Å²) >= 11 is 5.96. The molecule has 4 nitrogen and oxygen atoms in total. The first kappa shape index (κ1) is 15.0. The number of halogens is 1. The summed E-state index contributed by atoms with van der Waals surface area (Å²) in [6.45, 7) is 5.59. The smallest absolute Gasteiger partial charge is 0.226 e. The van der Waals surface area contributed by atoms with Gasteiger partial charge in [0.25, 0.3) is 0 Å². The lowest BCUT2D eigenvalue weighted by atomic mass is 10.2. The van der Waals surface area contributed by atoms with Crippen molar-refractivity contribution in [3.8, 4) is 11.5 Å². The zero-order chi connectivity index (χ0) is 14.5. The summed E-state index contributed by atoms with van der Waals surface area (Å²) in [6, 6.07) is 7.76. The molecule has 0 aliphatic heterocycles. The Labute approximate surface area is 124 Å². The number of hydrogen-bond acceptors (Lipinski definition) is 4. The van der Waals surface area contributed by atoms with Gasteiger partial charge in [-0.15, -0.1) is 0 Å². The van der Waals surface area contributed by atoms with Crippen molar-refractivity contribution >= 4 is 11.6 Å². The van der Waals surface area contributed by atoms with Gasteiger partial charge in [-0.25, -0.2) is 4.98 Å². The monoisotopic (exact) mass is 294 g/mol. The highest BCUT2D eigenvalue weighted by molar-refractivity contribution is 6.30. The molecular weight excluding hydrogens is 276 g/mol. The van der Waals surface area contributed by atoms with Crippen molar-refractivity contribution in [2.24, 2.45) is 0 Å².